The molecular weight excluding hydrogens is 502 g/mol. The molecule has 0 bridgehead atoms. The molecular formula is C29H35N3O5S. The number of hydrogen-bond donors (Lipinski definition) is 1. The summed E-state index contributed by atoms with van der Waals surface area (Å²) in [5.74, 6) is -0.0609. The number of rotatable bonds is 13. The van der Waals surface area contributed by atoms with Gasteiger partial charge in [0.15, 0.2) is 0 Å². The minimum absolute atomic E-state index is 0.0658. The van der Waals surface area contributed by atoms with E-state index in [1.54, 1.807) is 36.2 Å². The first-order valence-electron chi connectivity index (χ1n) is 12.4. The Morgan fingerprint density at radius 1 is 0.895 bits per heavy atom. The molecule has 3 aromatic carbocycles. The van der Waals surface area contributed by atoms with E-state index in [4.69, 9.17) is 4.74 Å². The smallest absolute Gasteiger partial charge is 0.242 e. The third-order valence-electron chi connectivity index (χ3n) is 6.22. The van der Waals surface area contributed by atoms with E-state index in [9.17, 15) is 18.0 Å². The molecule has 0 saturated carbocycles. The quantitative estimate of drug-likeness (QED) is 0.359. The SMILES string of the molecule is CNC(=O)C(Cc1ccccc1)N(Cc1ccccc1)C(=O)CCCN(c1ccccc1OC)S(C)(=O)=O. The number of nitrogens with zero attached hydrogens (tertiary/aromatic N) is 2. The Kier molecular flexibility index (Phi) is 10.3. The highest BCUT2D eigenvalue weighted by atomic mass is 32.2. The average Bonchev–Trinajstić information content (AvgIpc) is 2.93. The summed E-state index contributed by atoms with van der Waals surface area (Å²) in [6.07, 6.45) is 1.82. The number of sulfonamides is 1. The molecule has 1 N–H and O–H groups in total. The molecule has 0 spiro atoms. The first kappa shape index (κ1) is 28.7. The van der Waals surface area contributed by atoms with Crippen molar-refractivity contribution in [1.82, 2.24) is 10.2 Å². The van der Waals surface area contributed by atoms with Crippen molar-refractivity contribution < 1.29 is 22.7 Å². The topological polar surface area (TPSA) is 96.0 Å². The number of para-hydroxylation sites is 2. The second-order valence-corrected chi connectivity index (χ2v) is 10.8. The highest BCUT2D eigenvalue weighted by Gasteiger charge is 2.30. The van der Waals surface area contributed by atoms with Gasteiger partial charge in [0, 0.05) is 33.0 Å². The molecule has 0 aliphatic heterocycles. The summed E-state index contributed by atoms with van der Waals surface area (Å²) in [5.41, 5.74) is 2.25. The van der Waals surface area contributed by atoms with Crippen molar-refractivity contribution in [3.63, 3.8) is 0 Å². The van der Waals surface area contributed by atoms with Gasteiger partial charge >= 0.3 is 0 Å². The third-order valence-corrected chi connectivity index (χ3v) is 7.40. The molecule has 0 heterocycles. The van der Waals surface area contributed by atoms with Gasteiger partial charge in [0.1, 0.15) is 11.8 Å². The number of carbonyl (C=O) groups is 2. The van der Waals surface area contributed by atoms with Gasteiger partial charge in [-0.15, -0.1) is 0 Å². The van der Waals surface area contributed by atoms with Crippen molar-refractivity contribution in [2.45, 2.75) is 31.8 Å². The number of hydrogen-bond acceptors (Lipinski definition) is 5. The molecule has 8 nitrogen and oxygen atoms in total. The number of likely N-dealkylation sites (N-methyl/N-ethyl adjacent to an activating group) is 1. The lowest BCUT2D eigenvalue weighted by molar-refractivity contribution is -0.141. The van der Waals surface area contributed by atoms with Gasteiger partial charge in [-0.25, -0.2) is 8.42 Å². The third kappa shape index (κ3) is 7.82. The van der Waals surface area contributed by atoms with Crippen LogP contribution >= 0.6 is 0 Å². The van der Waals surface area contributed by atoms with E-state index in [1.807, 2.05) is 60.7 Å². The summed E-state index contributed by atoms with van der Waals surface area (Å²) in [6.45, 7) is 0.348. The fraction of sp³-hybridized carbons (Fsp3) is 0.310. The maximum Gasteiger partial charge on any atom is 0.242 e. The molecule has 0 radical (unpaired) electrons. The summed E-state index contributed by atoms with van der Waals surface area (Å²) in [6, 6.07) is 25.2. The lowest BCUT2D eigenvalue weighted by atomic mass is 10.0. The number of benzene rings is 3. The summed E-state index contributed by atoms with van der Waals surface area (Å²) in [5, 5.41) is 2.70. The fourth-order valence-corrected chi connectivity index (χ4v) is 5.29. The van der Waals surface area contributed by atoms with Crippen LogP contribution in [0.25, 0.3) is 0 Å². The Labute approximate surface area is 225 Å². The van der Waals surface area contributed by atoms with Crippen LogP contribution in [0.4, 0.5) is 5.69 Å². The zero-order valence-corrected chi connectivity index (χ0v) is 22.9. The predicted octanol–water partition coefficient (Wildman–Crippen LogP) is 3.63. The van der Waals surface area contributed by atoms with Crippen LogP contribution in [-0.4, -0.2) is 58.1 Å². The van der Waals surface area contributed by atoms with Crippen LogP contribution in [0.1, 0.15) is 24.0 Å². The van der Waals surface area contributed by atoms with Crippen molar-refractivity contribution in [2.24, 2.45) is 0 Å². The van der Waals surface area contributed by atoms with Crippen LogP contribution in [0.5, 0.6) is 5.75 Å². The van der Waals surface area contributed by atoms with Crippen LogP contribution in [0, 0.1) is 0 Å². The van der Waals surface area contributed by atoms with Gasteiger partial charge < -0.3 is 15.0 Å². The lowest BCUT2D eigenvalue weighted by Gasteiger charge is -2.31. The van der Waals surface area contributed by atoms with Gasteiger partial charge in [0.05, 0.1) is 19.1 Å². The van der Waals surface area contributed by atoms with E-state index in [-0.39, 0.29) is 37.7 Å². The van der Waals surface area contributed by atoms with E-state index in [1.165, 1.54) is 11.4 Å². The van der Waals surface area contributed by atoms with Crippen molar-refractivity contribution >= 4 is 27.5 Å². The van der Waals surface area contributed by atoms with Gasteiger partial charge in [0.2, 0.25) is 21.8 Å². The van der Waals surface area contributed by atoms with Crippen LogP contribution in [0.15, 0.2) is 84.9 Å². The molecule has 0 aromatic heterocycles. The normalized spacial score (nSPS) is 11.9. The van der Waals surface area contributed by atoms with Crippen molar-refractivity contribution in [2.75, 3.05) is 31.3 Å². The van der Waals surface area contributed by atoms with Crippen molar-refractivity contribution in [3.05, 3.63) is 96.1 Å². The van der Waals surface area contributed by atoms with E-state index >= 15 is 0 Å². The highest BCUT2D eigenvalue weighted by Crippen LogP contribution is 2.30. The molecule has 0 aliphatic rings. The molecule has 9 heteroatoms. The minimum Gasteiger partial charge on any atom is -0.495 e. The maximum atomic E-state index is 13.6. The Morgan fingerprint density at radius 3 is 2.05 bits per heavy atom. The van der Waals surface area contributed by atoms with Crippen LogP contribution in [0.2, 0.25) is 0 Å². The zero-order valence-electron chi connectivity index (χ0n) is 22.0. The number of methoxy groups -OCH3 is 1. The van der Waals surface area contributed by atoms with Gasteiger partial charge in [0.25, 0.3) is 0 Å². The van der Waals surface area contributed by atoms with E-state index in [0.29, 0.717) is 17.9 Å². The number of amides is 2. The Bertz CT molecular complexity index is 1300. The molecule has 38 heavy (non-hydrogen) atoms. The first-order chi connectivity index (χ1) is 18.2. The standard InChI is InChI=1S/C29H35N3O5S/c1-30-29(34)26(21-23-13-6-4-7-14-23)31(22-24-15-8-5-9-16-24)28(33)19-12-20-32(38(3,35)36)25-17-10-11-18-27(25)37-2/h4-11,13-18,26H,12,19-22H2,1-3H3,(H,30,34). The maximum absolute atomic E-state index is 13.6. The monoisotopic (exact) mass is 537 g/mol. The van der Waals surface area contributed by atoms with Gasteiger partial charge in [-0.1, -0.05) is 72.8 Å². The van der Waals surface area contributed by atoms with Crippen LogP contribution in [-0.2, 0) is 32.6 Å². The highest BCUT2D eigenvalue weighted by molar-refractivity contribution is 7.92. The van der Waals surface area contributed by atoms with Gasteiger partial charge in [-0.3, -0.25) is 13.9 Å². The van der Waals surface area contributed by atoms with Gasteiger partial charge in [-0.2, -0.15) is 0 Å². The predicted molar refractivity (Wildman–Crippen MR) is 149 cm³/mol. The second-order valence-electron chi connectivity index (χ2n) is 8.94. The van der Waals surface area contributed by atoms with Gasteiger partial charge in [-0.05, 0) is 29.7 Å². The molecule has 0 fully saturated rings. The Morgan fingerprint density at radius 2 is 1.47 bits per heavy atom. The van der Waals surface area contributed by atoms with E-state index in [0.717, 1.165) is 17.4 Å². The molecule has 1 atom stereocenters. The van der Waals surface area contributed by atoms with Crippen molar-refractivity contribution in [1.29, 1.82) is 0 Å². The minimum atomic E-state index is -3.63. The van der Waals surface area contributed by atoms with Crippen molar-refractivity contribution in [3.8, 4) is 5.75 Å². The molecule has 3 aromatic rings. The number of carbonyl (C=O) groups excluding carboxylic acids is 2. The average molecular weight is 538 g/mol. The number of nitrogens with one attached hydrogen (secondary N) is 1. The summed E-state index contributed by atoms with van der Waals surface area (Å²) >= 11 is 0. The Balaban J connectivity index is 1.84. The second kappa shape index (κ2) is 13.6. The number of anilines is 1. The summed E-state index contributed by atoms with van der Waals surface area (Å²) < 4.78 is 31.8. The molecule has 202 valence electrons. The molecule has 3 rings (SSSR count). The number of ether oxygens (including phenoxy) is 1. The molecule has 0 saturated heterocycles. The van der Waals surface area contributed by atoms with E-state index in [2.05, 4.69) is 5.32 Å². The van der Waals surface area contributed by atoms with E-state index < -0.39 is 16.1 Å². The largest absolute Gasteiger partial charge is 0.495 e. The fourth-order valence-electron chi connectivity index (χ4n) is 4.32. The molecule has 0 aliphatic carbocycles. The van der Waals surface area contributed by atoms with Crippen LogP contribution < -0.4 is 14.4 Å². The summed E-state index contributed by atoms with van der Waals surface area (Å²) in [7, 11) is -0.587. The Hall–Kier alpha value is -3.85. The lowest BCUT2D eigenvalue weighted by Crippen LogP contribution is -2.49. The summed E-state index contributed by atoms with van der Waals surface area (Å²) in [4.78, 5) is 28.3. The first-order valence-corrected chi connectivity index (χ1v) is 14.3. The molecule has 2 amide bonds. The van der Waals surface area contributed by atoms with Crippen LogP contribution in [0.3, 0.4) is 0 Å². The molecule has 1 unspecified atom stereocenters. The zero-order chi connectivity index (χ0) is 27.5.